The van der Waals surface area contributed by atoms with Gasteiger partial charge in [-0.2, -0.15) is 5.10 Å². The van der Waals surface area contributed by atoms with Crippen molar-refractivity contribution in [2.45, 2.75) is 39.4 Å². The van der Waals surface area contributed by atoms with Gasteiger partial charge < -0.3 is 10.5 Å². The average molecular weight is 243 g/mol. The third kappa shape index (κ3) is 2.44. The Balaban J connectivity index is 3.29. The highest BCUT2D eigenvalue weighted by Gasteiger charge is 2.40. The van der Waals surface area contributed by atoms with Crippen LogP contribution in [-0.4, -0.2) is 23.4 Å². The first-order chi connectivity index (χ1) is 8.01. The van der Waals surface area contributed by atoms with Crippen LogP contribution in [0.5, 0.6) is 5.75 Å². The molecule has 1 rings (SSSR count). The number of rotatable bonds is 6. The lowest BCUT2D eigenvalue weighted by Crippen LogP contribution is -2.38. The van der Waals surface area contributed by atoms with Crippen molar-refractivity contribution in [1.29, 1.82) is 0 Å². The molecule has 1 unspecified atom stereocenters. The molecular formula is C12H22FN3O. The summed E-state index contributed by atoms with van der Waals surface area (Å²) in [5.74, 6) is 0.244. The minimum Gasteiger partial charge on any atom is -0.493 e. The van der Waals surface area contributed by atoms with Crippen molar-refractivity contribution >= 4 is 0 Å². The molecule has 5 heteroatoms. The van der Waals surface area contributed by atoms with Crippen LogP contribution in [0, 0.1) is 5.92 Å². The highest BCUT2D eigenvalue weighted by Crippen LogP contribution is 2.38. The molecule has 0 aromatic carbocycles. The van der Waals surface area contributed by atoms with Crippen LogP contribution in [0.1, 0.15) is 32.9 Å². The number of alkyl halides is 1. The fourth-order valence-electron chi connectivity index (χ4n) is 1.92. The van der Waals surface area contributed by atoms with Crippen molar-refractivity contribution in [3.05, 3.63) is 11.9 Å². The Morgan fingerprint density at radius 3 is 2.65 bits per heavy atom. The summed E-state index contributed by atoms with van der Waals surface area (Å²) < 4.78 is 21.8. The van der Waals surface area contributed by atoms with Crippen molar-refractivity contribution in [3.8, 4) is 5.75 Å². The van der Waals surface area contributed by atoms with Crippen LogP contribution >= 0.6 is 0 Å². The van der Waals surface area contributed by atoms with E-state index in [1.54, 1.807) is 10.9 Å². The summed E-state index contributed by atoms with van der Waals surface area (Å²) >= 11 is 0. The van der Waals surface area contributed by atoms with Crippen LogP contribution < -0.4 is 10.5 Å². The Kier molecular flexibility index (Phi) is 4.51. The van der Waals surface area contributed by atoms with Crippen molar-refractivity contribution < 1.29 is 9.13 Å². The fraction of sp³-hybridized carbons (Fsp3) is 0.750. The molecule has 1 heterocycles. The van der Waals surface area contributed by atoms with Gasteiger partial charge in [0.2, 0.25) is 0 Å². The van der Waals surface area contributed by atoms with Gasteiger partial charge in [0.1, 0.15) is 5.69 Å². The standard InChI is InChI=1S/C12H22FN3O/c1-5-6-16-11(10(17-4)7-15-16)12(13,8-14)9(2)3/h7,9H,5-6,8,14H2,1-4H3. The van der Waals surface area contributed by atoms with E-state index in [-0.39, 0.29) is 12.5 Å². The second-order valence-corrected chi connectivity index (χ2v) is 4.51. The lowest BCUT2D eigenvalue weighted by atomic mass is 9.88. The smallest absolute Gasteiger partial charge is 0.170 e. The van der Waals surface area contributed by atoms with Gasteiger partial charge in [-0.15, -0.1) is 0 Å². The number of hydrogen-bond acceptors (Lipinski definition) is 3. The third-order valence-electron chi connectivity index (χ3n) is 3.07. The summed E-state index contributed by atoms with van der Waals surface area (Å²) in [5.41, 5.74) is 4.47. The molecule has 0 spiro atoms. The van der Waals surface area contributed by atoms with E-state index in [4.69, 9.17) is 10.5 Å². The Bertz CT molecular complexity index is 365. The molecule has 1 atom stereocenters. The van der Waals surface area contributed by atoms with Crippen molar-refractivity contribution in [3.63, 3.8) is 0 Å². The first-order valence-electron chi connectivity index (χ1n) is 6.00. The summed E-state index contributed by atoms with van der Waals surface area (Å²) in [7, 11) is 1.52. The molecule has 2 N–H and O–H groups in total. The molecular weight excluding hydrogens is 221 g/mol. The largest absolute Gasteiger partial charge is 0.493 e. The van der Waals surface area contributed by atoms with E-state index in [1.165, 1.54) is 7.11 Å². The van der Waals surface area contributed by atoms with Gasteiger partial charge >= 0.3 is 0 Å². The van der Waals surface area contributed by atoms with Gasteiger partial charge in [-0.25, -0.2) is 4.39 Å². The zero-order valence-electron chi connectivity index (χ0n) is 11.0. The molecule has 98 valence electrons. The second kappa shape index (κ2) is 5.49. The number of hydrogen-bond donors (Lipinski definition) is 1. The van der Waals surface area contributed by atoms with Gasteiger partial charge in [-0.3, -0.25) is 4.68 Å². The molecule has 0 aliphatic heterocycles. The molecule has 0 amide bonds. The monoisotopic (exact) mass is 243 g/mol. The first kappa shape index (κ1) is 14.0. The number of nitrogens with zero attached hydrogens (tertiary/aromatic N) is 2. The minimum absolute atomic E-state index is 0.0730. The molecule has 4 nitrogen and oxygen atoms in total. The van der Waals surface area contributed by atoms with Crippen LogP contribution in [-0.2, 0) is 12.2 Å². The molecule has 17 heavy (non-hydrogen) atoms. The zero-order chi connectivity index (χ0) is 13.1. The lowest BCUT2D eigenvalue weighted by molar-refractivity contribution is 0.0932. The summed E-state index contributed by atoms with van der Waals surface area (Å²) in [6.45, 7) is 6.24. The van der Waals surface area contributed by atoms with Crippen LogP contribution in [0.3, 0.4) is 0 Å². The van der Waals surface area contributed by atoms with Crippen molar-refractivity contribution in [1.82, 2.24) is 9.78 Å². The van der Waals surface area contributed by atoms with E-state index in [1.807, 2.05) is 20.8 Å². The maximum atomic E-state index is 15.0. The van der Waals surface area contributed by atoms with E-state index in [0.717, 1.165) is 6.42 Å². The number of halogens is 1. The minimum atomic E-state index is -1.60. The van der Waals surface area contributed by atoms with Crippen molar-refractivity contribution in [2.24, 2.45) is 11.7 Å². The molecule has 0 aliphatic carbocycles. The topological polar surface area (TPSA) is 53.1 Å². The van der Waals surface area contributed by atoms with Gasteiger partial charge in [-0.1, -0.05) is 20.8 Å². The molecule has 0 saturated carbocycles. The van der Waals surface area contributed by atoms with E-state index < -0.39 is 5.67 Å². The molecule has 0 saturated heterocycles. The van der Waals surface area contributed by atoms with Gasteiger partial charge in [0.25, 0.3) is 0 Å². The van der Waals surface area contributed by atoms with Crippen LogP contribution in [0.4, 0.5) is 4.39 Å². The lowest BCUT2D eigenvalue weighted by Gasteiger charge is -2.29. The van der Waals surface area contributed by atoms with Crippen molar-refractivity contribution in [2.75, 3.05) is 13.7 Å². The van der Waals surface area contributed by atoms with Crippen LogP contribution in [0.2, 0.25) is 0 Å². The summed E-state index contributed by atoms with van der Waals surface area (Å²) in [4.78, 5) is 0. The SMILES string of the molecule is CCCn1ncc(OC)c1C(F)(CN)C(C)C. The van der Waals surface area contributed by atoms with E-state index in [0.29, 0.717) is 18.0 Å². The predicted octanol–water partition coefficient (Wildman–Crippen LogP) is 2.08. The van der Waals surface area contributed by atoms with E-state index in [2.05, 4.69) is 5.10 Å². The molecule has 0 aliphatic rings. The number of aromatic nitrogens is 2. The number of nitrogens with two attached hydrogens (primary N) is 1. The summed E-state index contributed by atoms with van der Waals surface area (Å²) in [6.07, 6.45) is 2.44. The number of ether oxygens (including phenoxy) is 1. The first-order valence-corrected chi connectivity index (χ1v) is 6.00. The van der Waals surface area contributed by atoms with Crippen LogP contribution in [0.25, 0.3) is 0 Å². The number of methoxy groups -OCH3 is 1. The molecule has 1 aromatic heterocycles. The zero-order valence-corrected chi connectivity index (χ0v) is 11.0. The molecule has 0 fully saturated rings. The van der Waals surface area contributed by atoms with Gasteiger partial charge in [0.05, 0.1) is 13.3 Å². The third-order valence-corrected chi connectivity index (χ3v) is 3.07. The van der Waals surface area contributed by atoms with Gasteiger partial charge in [0.15, 0.2) is 11.4 Å². The molecule has 0 bridgehead atoms. The molecule has 1 aromatic rings. The molecule has 0 radical (unpaired) electrons. The highest BCUT2D eigenvalue weighted by atomic mass is 19.1. The Labute approximate surface area is 102 Å². The fourth-order valence-corrected chi connectivity index (χ4v) is 1.92. The maximum absolute atomic E-state index is 15.0. The summed E-state index contributed by atoms with van der Waals surface area (Å²) in [5, 5.41) is 4.17. The normalized spacial score (nSPS) is 15.0. The number of aryl methyl sites for hydroxylation is 1. The Morgan fingerprint density at radius 2 is 2.24 bits per heavy atom. The summed E-state index contributed by atoms with van der Waals surface area (Å²) in [6, 6.07) is 0. The van der Waals surface area contributed by atoms with Gasteiger partial charge in [-0.05, 0) is 12.3 Å². The average Bonchev–Trinajstić information content (AvgIpc) is 2.71. The predicted molar refractivity (Wildman–Crippen MR) is 65.7 cm³/mol. The van der Waals surface area contributed by atoms with E-state index >= 15 is 0 Å². The maximum Gasteiger partial charge on any atom is 0.170 e. The Hall–Kier alpha value is -1.10. The highest BCUT2D eigenvalue weighted by molar-refractivity contribution is 5.32. The van der Waals surface area contributed by atoms with E-state index in [9.17, 15) is 4.39 Å². The van der Waals surface area contributed by atoms with Gasteiger partial charge in [0, 0.05) is 13.1 Å². The Morgan fingerprint density at radius 1 is 1.59 bits per heavy atom. The second-order valence-electron chi connectivity index (χ2n) is 4.51. The van der Waals surface area contributed by atoms with Crippen LogP contribution in [0.15, 0.2) is 6.20 Å². The quantitative estimate of drug-likeness (QED) is 0.832.